The zero-order valence-corrected chi connectivity index (χ0v) is 11.5. The molecule has 19 heavy (non-hydrogen) atoms. The summed E-state index contributed by atoms with van der Waals surface area (Å²) in [5.41, 5.74) is 0.407. The summed E-state index contributed by atoms with van der Waals surface area (Å²) in [4.78, 5) is 22.3. The smallest absolute Gasteiger partial charge is 0.343 e. The molecule has 2 rings (SSSR count). The van der Waals surface area contributed by atoms with E-state index in [9.17, 15) is 4.79 Å². The minimum absolute atomic E-state index is 0.175. The molecule has 2 heterocycles. The lowest BCUT2D eigenvalue weighted by atomic mass is 10.2. The Morgan fingerprint density at radius 1 is 1.63 bits per heavy atom. The van der Waals surface area contributed by atoms with Crippen molar-refractivity contribution in [2.24, 2.45) is 0 Å². The summed E-state index contributed by atoms with van der Waals surface area (Å²) >= 11 is 0. The highest BCUT2D eigenvalue weighted by atomic mass is 16.5. The van der Waals surface area contributed by atoms with Gasteiger partial charge in [-0.1, -0.05) is 6.92 Å². The Morgan fingerprint density at radius 2 is 2.42 bits per heavy atom. The number of methoxy groups -OCH3 is 1. The van der Waals surface area contributed by atoms with Crippen molar-refractivity contribution in [3.63, 3.8) is 0 Å². The number of esters is 1. The number of aromatic nitrogens is 2. The molecular formula is C13H19N3O3. The van der Waals surface area contributed by atoms with Crippen LogP contribution in [0, 0.1) is 6.92 Å². The van der Waals surface area contributed by atoms with E-state index >= 15 is 0 Å². The standard InChI is InChI=1S/C13H19N3O3/c1-4-10-8-16(5-6-19-10)12-11(13(17)18-3)7-14-9(2)15-12/h7,10H,4-6,8H2,1-3H3. The zero-order valence-electron chi connectivity index (χ0n) is 11.5. The number of morpholine rings is 1. The van der Waals surface area contributed by atoms with Crippen molar-refractivity contribution < 1.29 is 14.3 Å². The van der Waals surface area contributed by atoms with Crippen LogP contribution >= 0.6 is 0 Å². The van der Waals surface area contributed by atoms with Crippen LogP contribution in [0.25, 0.3) is 0 Å². The lowest BCUT2D eigenvalue weighted by Gasteiger charge is -2.34. The second-order valence-electron chi connectivity index (χ2n) is 4.49. The van der Waals surface area contributed by atoms with Crippen LogP contribution < -0.4 is 4.90 Å². The van der Waals surface area contributed by atoms with Gasteiger partial charge in [0.25, 0.3) is 0 Å². The van der Waals surface area contributed by atoms with Crippen molar-refractivity contribution in [3.8, 4) is 0 Å². The number of hydrogen-bond donors (Lipinski definition) is 0. The van der Waals surface area contributed by atoms with Gasteiger partial charge in [-0.05, 0) is 13.3 Å². The van der Waals surface area contributed by atoms with Crippen LogP contribution in [0.4, 0.5) is 5.82 Å². The largest absolute Gasteiger partial charge is 0.465 e. The average Bonchev–Trinajstić information content (AvgIpc) is 2.46. The number of carbonyl (C=O) groups is 1. The highest BCUT2D eigenvalue weighted by Crippen LogP contribution is 2.21. The molecule has 1 saturated heterocycles. The minimum atomic E-state index is -0.408. The molecule has 0 amide bonds. The van der Waals surface area contributed by atoms with E-state index in [2.05, 4.69) is 21.8 Å². The lowest BCUT2D eigenvalue weighted by molar-refractivity contribution is 0.0378. The maximum Gasteiger partial charge on any atom is 0.343 e. The summed E-state index contributed by atoms with van der Waals surface area (Å²) in [5, 5.41) is 0. The van der Waals surface area contributed by atoms with Gasteiger partial charge in [-0.2, -0.15) is 0 Å². The summed E-state index contributed by atoms with van der Waals surface area (Å²) in [6.07, 6.45) is 2.64. The SMILES string of the molecule is CCC1CN(c2nc(C)ncc2C(=O)OC)CCO1. The fourth-order valence-corrected chi connectivity index (χ4v) is 2.11. The first-order valence-electron chi connectivity index (χ1n) is 6.44. The van der Waals surface area contributed by atoms with Crippen molar-refractivity contribution >= 4 is 11.8 Å². The van der Waals surface area contributed by atoms with E-state index in [4.69, 9.17) is 9.47 Å². The maximum absolute atomic E-state index is 11.8. The van der Waals surface area contributed by atoms with Crippen LogP contribution in [-0.4, -0.2) is 48.8 Å². The van der Waals surface area contributed by atoms with E-state index in [0.717, 1.165) is 19.5 Å². The number of ether oxygens (including phenoxy) is 2. The molecule has 0 aliphatic carbocycles. The molecule has 1 fully saturated rings. The molecule has 104 valence electrons. The second kappa shape index (κ2) is 5.97. The summed E-state index contributed by atoms with van der Waals surface area (Å²) in [6.45, 7) is 5.99. The van der Waals surface area contributed by atoms with E-state index in [1.807, 2.05) is 6.92 Å². The van der Waals surface area contributed by atoms with Gasteiger partial charge in [0.05, 0.1) is 19.8 Å². The normalized spacial score (nSPS) is 19.3. The Morgan fingerprint density at radius 3 is 3.11 bits per heavy atom. The van der Waals surface area contributed by atoms with E-state index in [-0.39, 0.29) is 6.10 Å². The van der Waals surface area contributed by atoms with Crippen molar-refractivity contribution in [2.45, 2.75) is 26.4 Å². The fourth-order valence-electron chi connectivity index (χ4n) is 2.11. The van der Waals surface area contributed by atoms with Crippen LogP contribution in [-0.2, 0) is 9.47 Å². The highest BCUT2D eigenvalue weighted by molar-refractivity contribution is 5.94. The molecule has 0 saturated carbocycles. The molecule has 6 heteroatoms. The zero-order chi connectivity index (χ0) is 13.8. The molecule has 1 aromatic rings. The summed E-state index contributed by atoms with van der Waals surface area (Å²) < 4.78 is 10.4. The summed E-state index contributed by atoms with van der Waals surface area (Å²) in [7, 11) is 1.36. The molecule has 0 aromatic carbocycles. The van der Waals surface area contributed by atoms with Gasteiger partial charge < -0.3 is 14.4 Å². The van der Waals surface area contributed by atoms with Crippen LogP contribution in [0.3, 0.4) is 0 Å². The van der Waals surface area contributed by atoms with Gasteiger partial charge in [0.1, 0.15) is 17.2 Å². The second-order valence-corrected chi connectivity index (χ2v) is 4.49. The third kappa shape index (κ3) is 3.01. The minimum Gasteiger partial charge on any atom is -0.465 e. The molecule has 1 atom stereocenters. The maximum atomic E-state index is 11.8. The van der Waals surface area contributed by atoms with E-state index in [0.29, 0.717) is 23.8 Å². The molecule has 0 spiro atoms. The Balaban J connectivity index is 2.31. The Hall–Kier alpha value is -1.69. The van der Waals surface area contributed by atoms with Crippen LogP contribution in [0.5, 0.6) is 0 Å². The van der Waals surface area contributed by atoms with Crippen molar-refractivity contribution in [3.05, 3.63) is 17.6 Å². The average molecular weight is 265 g/mol. The first kappa shape index (κ1) is 13.7. The number of hydrogen-bond acceptors (Lipinski definition) is 6. The predicted molar refractivity (Wildman–Crippen MR) is 70.4 cm³/mol. The van der Waals surface area contributed by atoms with Gasteiger partial charge in [-0.3, -0.25) is 0 Å². The predicted octanol–water partition coefficient (Wildman–Crippen LogP) is 1.19. The van der Waals surface area contributed by atoms with Crippen molar-refractivity contribution in [2.75, 3.05) is 31.7 Å². The quantitative estimate of drug-likeness (QED) is 0.765. The van der Waals surface area contributed by atoms with Crippen LogP contribution in [0.2, 0.25) is 0 Å². The summed E-state index contributed by atoms with van der Waals surface area (Å²) in [6, 6.07) is 0. The molecule has 0 radical (unpaired) electrons. The Bertz CT molecular complexity index is 464. The van der Waals surface area contributed by atoms with Gasteiger partial charge in [-0.15, -0.1) is 0 Å². The molecule has 1 aliphatic heterocycles. The number of aryl methyl sites for hydroxylation is 1. The lowest BCUT2D eigenvalue weighted by Crippen LogP contribution is -2.43. The van der Waals surface area contributed by atoms with Gasteiger partial charge in [0, 0.05) is 19.3 Å². The monoisotopic (exact) mass is 265 g/mol. The van der Waals surface area contributed by atoms with Gasteiger partial charge in [-0.25, -0.2) is 14.8 Å². The van der Waals surface area contributed by atoms with E-state index in [1.54, 1.807) is 0 Å². The first-order valence-corrected chi connectivity index (χ1v) is 6.44. The van der Waals surface area contributed by atoms with Crippen molar-refractivity contribution in [1.29, 1.82) is 0 Å². The number of anilines is 1. The molecule has 6 nitrogen and oxygen atoms in total. The molecule has 0 bridgehead atoms. The molecular weight excluding hydrogens is 246 g/mol. The number of nitrogens with zero attached hydrogens (tertiary/aromatic N) is 3. The summed E-state index contributed by atoms with van der Waals surface area (Å²) in [5.74, 6) is 0.873. The Kier molecular flexibility index (Phi) is 4.31. The topological polar surface area (TPSA) is 64.6 Å². The first-order chi connectivity index (χ1) is 9.15. The van der Waals surface area contributed by atoms with E-state index < -0.39 is 5.97 Å². The third-order valence-corrected chi connectivity index (χ3v) is 3.19. The molecule has 1 unspecified atom stereocenters. The van der Waals surface area contributed by atoms with Crippen LogP contribution in [0.1, 0.15) is 29.5 Å². The number of carbonyl (C=O) groups excluding carboxylic acids is 1. The van der Waals surface area contributed by atoms with Gasteiger partial charge in [0.2, 0.25) is 0 Å². The Labute approximate surface area is 112 Å². The fraction of sp³-hybridized carbons (Fsp3) is 0.615. The van der Waals surface area contributed by atoms with E-state index in [1.165, 1.54) is 13.3 Å². The molecule has 0 N–H and O–H groups in total. The van der Waals surface area contributed by atoms with Gasteiger partial charge >= 0.3 is 5.97 Å². The van der Waals surface area contributed by atoms with Crippen LogP contribution in [0.15, 0.2) is 6.20 Å². The highest BCUT2D eigenvalue weighted by Gasteiger charge is 2.25. The van der Waals surface area contributed by atoms with Crippen molar-refractivity contribution in [1.82, 2.24) is 9.97 Å². The van der Waals surface area contributed by atoms with Gasteiger partial charge in [0.15, 0.2) is 0 Å². The third-order valence-electron chi connectivity index (χ3n) is 3.19. The molecule has 1 aromatic heterocycles. The number of rotatable bonds is 3. The molecule has 1 aliphatic rings.